The highest BCUT2D eigenvalue weighted by Gasteiger charge is 2.35. The molecule has 0 spiro atoms. The van der Waals surface area contributed by atoms with E-state index in [0.717, 1.165) is 15.7 Å². The Bertz CT molecular complexity index is 882. The van der Waals surface area contributed by atoms with Gasteiger partial charge in [0, 0.05) is 10.7 Å². The molecular weight excluding hydrogens is 450 g/mol. The highest BCUT2D eigenvalue weighted by atomic mass is 79.9. The highest BCUT2D eigenvalue weighted by Crippen LogP contribution is 2.46. The fourth-order valence-electron chi connectivity index (χ4n) is 2.80. The number of hydrogen-bond acceptors (Lipinski definition) is 4. The second kappa shape index (κ2) is 8.92. The van der Waals surface area contributed by atoms with Crippen molar-refractivity contribution in [2.75, 3.05) is 23.9 Å². The molecule has 0 bridgehead atoms. The lowest BCUT2D eigenvalue weighted by molar-refractivity contribution is -0.115. The summed E-state index contributed by atoms with van der Waals surface area (Å²) < 4.78 is 12.1. The number of amides is 1. The molecule has 1 atom stereocenters. The monoisotopic (exact) mass is 465 g/mol. The molecule has 1 aliphatic rings. The molecule has 0 aromatic heterocycles. The minimum atomic E-state index is -0.170. The predicted octanol–water partition coefficient (Wildman–Crippen LogP) is 5.29. The van der Waals surface area contributed by atoms with Crippen molar-refractivity contribution < 1.29 is 14.3 Å². The fraction of sp³-hybridized carbons (Fsp3) is 0.250. The second-order valence-electron chi connectivity index (χ2n) is 5.66. The van der Waals surface area contributed by atoms with Gasteiger partial charge < -0.3 is 9.47 Å². The summed E-state index contributed by atoms with van der Waals surface area (Å²) in [6.45, 7) is 2.53. The Kier molecular flexibility index (Phi) is 6.59. The van der Waals surface area contributed by atoms with Gasteiger partial charge in [0.25, 0.3) is 0 Å². The highest BCUT2D eigenvalue weighted by molar-refractivity contribution is 9.10. The van der Waals surface area contributed by atoms with Gasteiger partial charge in [0.1, 0.15) is 12.0 Å². The van der Waals surface area contributed by atoms with Crippen molar-refractivity contribution in [2.45, 2.75) is 12.3 Å². The van der Waals surface area contributed by atoms with Crippen LogP contribution in [0.15, 0.2) is 40.9 Å². The van der Waals surface area contributed by atoms with Crippen LogP contribution in [0.3, 0.4) is 0 Å². The number of terminal acetylenes is 1. The maximum atomic E-state index is 12.5. The molecule has 0 radical (unpaired) electrons. The van der Waals surface area contributed by atoms with Gasteiger partial charge in [-0.25, -0.2) is 0 Å². The third-order valence-electron chi connectivity index (χ3n) is 3.89. The van der Waals surface area contributed by atoms with Crippen LogP contribution >= 0.6 is 39.3 Å². The Morgan fingerprint density at radius 2 is 2.07 bits per heavy atom. The first-order valence-electron chi connectivity index (χ1n) is 8.27. The molecule has 27 heavy (non-hydrogen) atoms. The standard InChI is InChI=1S/C20H17BrClNO3S/c1-3-9-26-19-16(21)10-13(11-17(19)25-4-2)20-23(18(24)12-27-20)15-7-5-14(22)6-8-15/h1,5-8,10-11,20H,4,9,12H2,2H3/t20-/m0/s1. The van der Waals surface area contributed by atoms with E-state index in [0.29, 0.717) is 28.9 Å². The average molecular weight is 467 g/mol. The summed E-state index contributed by atoms with van der Waals surface area (Å²) in [6.07, 6.45) is 5.30. The van der Waals surface area contributed by atoms with E-state index in [-0.39, 0.29) is 17.9 Å². The summed E-state index contributed by atoms with van der Waals surface area (Å²) >= 11 is 11.1. The first-order chi connectivity index (χ1) is 13.0. The first kappa shape index (κ1) is 19.9. The number of carbonyl (C=O) groups is 1. The van der Waals surface area contributed by atoms with Gasteiger partial charge >= 0.3 is 0 Å². The molecule has 0 saturated carbocycles. The van der Waals surface area contributed by atoms with Gasteiger partial charge in [-0.3, -0.25) is 9.69 Å². The molecule has 4 nitrogen and oxygen atoms in total. The van der Waals surface area contributed by atoms with Crippen LogP contribution < -0.4 is 14.4 Å². The molecule has 1 fully saturated rings. The van der Waals surface area contributed by atoms with E-state index in [9.17, 15) is 4.79 Å². The minimum Gasteiger partial charge on any atom is -0.490 e. The molecule has 1 aliphatic heterocycles. The van der Waals surface area contributed by atoms with Gasteiger partial charge in [-0.1, -0.05) is 17.5 Å². The largest absolute Gasteiger partial charge is 0.490 e. The maximum Gasteiger partial charge on any atom is 0.238 e. The summed E-state index contributed by atoms with van der Waals surface area (Å²) in [5.74, 6) is 4.06. The molecule has 2 aromatic carbocycles. The van der Waals surface area contributed by atoms with E-state index in [2.05, 4.69) is 21.9 Å². The van der Waals surface area contributed by atoms with Crippen molar-refractivity contribution in [3.8, 4) is 23.8 Å². The Balaban J connectivity index is 1.99. The minimum absolute atomic E-state index is 0.0501. The lowest BCUT2D eigenvalue weighted by Gasteiger charge is -2.25. The zero-order valence-corrected chi connectivity index (χ0v) is 17.7. The molecule has 3 rings (SSSR count). The van der Waals surface area contributed by atoms with E-state index in [1.807, 2.05) is 31.2 Å². The van der Waals surface area contributed by atoms with Gasteiger partial charge in [0.15, 0.2) is 11.5 Å². The SMILES string of the molecule is C#CCOc1c(Br)cc([C@@H]2SCC(=O)N2c2ccc(Cl)cc2)cc1OCC. The number of benzene rings is 2. The average Bonchev–Trinajstić information content (AvgIpc) is 3.03. The molecule has 1 heterocycles. The molecule has 0 aliphatic carbocycles. The van der Waals surface area contributed by atoms with Crippen molar-refractivity contribution in [3.63, 3.8) is 0 Å². The van der Waals surface area contributed by atoms with Crippen LogP contribution in [-0.2, 0) is 4.79 Å². The third-order valence-corrected chi connectivity index (χ3v) is 5.94. The van der Waals surface area contributed by atoms with Crippen LogP contribution in [0.2, 0.25) is 5.02 Å². The van der Waals surface area contributed by atoms with Crippen molar-refractivity contribution in [1.82, 2.24) is 0 Å². The molecular formula is C20H17BrClNO3S. The van der Waals surface area contributed by atoms with Crippen LogP contribution in [0.4, 0.5) is 5.69 Å². The van der Waals surface area contributed by atoms with Gasteiger partial charge in [-0.2, -0.15) is 0 Å². The van der Waals surface area contributed by atoms with E-state index in [4.69, 9.17) is 27.5 Å². The maximum absolute atomic E-state index is 12.5. The lowest BCUT2D eigenvalue weighted by Crippen LogP contribution is -2.27. The molecule has 140 valence electrons. The summed E-state index contributed by atoms with van der Waals surface area (Å²) in [5, 5.41) is 0.460. The Morgan fingerprint density at radius 3 is 2.74 bits per heavy atom. The summed E-state index contributed by atoms with van der Waals surface area (Å²) in [7, 11) is 0. The van der Waals surface area contributed by atoms with Crippen LogP contribution in [0.25, 0.3) is 0 Å². The second-order valence-corrected chi connectivity index (χ2v) is 8.02. The number of anilines is 1. The number of rotatable bonds is 6. The van der Waals surface area contributed by atoms with Crippen molar-refractivity contribution in [3.05, 3.63) is 51.5 Å². The van der Waals surface area contributed by atoms with Crippen molar-refractivity contribution >= 4 is 50.9 Å². The Labute approximate surface area is 176 Å². The zero-order valence-electron chi connectivity index (χ0n) is 14.6. The zero-order chi connectivity index (χ0) is 19.4. The van der Waals surface area contributed by atoms with Crippen LogP contribution in [-0.4, -0.2) is 24.9 Å². The first-order valence-corrected chi connectivity index (χ1v) is 10.5. The van der Waals surface area contributed by atoms with Gasteiger partial charge in [-0.15, -0.1) is 18.2 Å². The lowest BCUT2D eigenvalue weighted by atomic mass is 10.1. The number of thioether (sulfide) groups is 1. The summed E-state index contributed by atoms with van der Waals surface area (Å²) in [5.41, 5.74) is 1.74. The molecule has 1 amide bonds. The Morgan fingerprint density at radius 1 is 1.33 bits per heavy atom. The number of carbonyl (C=O) groups excluding carboxylic acids is 1. The summed E-state index contributed by atoms with van der Waals surface area (Å²) in [4.78, 5) is 14.3. The molecule has 7 heteroatoms. The van der Waals surface area contributed by atoms with E-state index in [1.165, 1.54) is 0 Å². The molecule has 2 aromatic rings. The number of nitrogens with zero attached hydrogens (tertiary/aromatic N) is 1. The van der Waals surface area contributed by atoms with Crippen LogP contribution in [0.5, 0.6) is 11.5 Å². The topological polar surface area (TPSA) is 38.8 Å². The van der Waals surface area contributed by atoms with Crippen molar-refractivity contribution in [2.24, 2.45) is 0 Å². The Hall–Kier alpha value is -1.81. The smallest absolute Gasteiger partial charge is 0.238 e. The number of hydrogen-bond donors (Lipinski definition) is 0. The van der Waals surface area contributed by atoms with Gasteiger partial charge in [0.2, 0.25) is 5.91 Å². The normalized spacial score (nSPS) is 16.3. The number of ether oxygens (including phenoxy) is 2. The van der Waals surface area contributed by atoms with E-state index < -0.39 is 0 Å². The van der Waals surface area contributed by atoms with E-state index >= 15 is 0 Å². The van der Waals surface area contributed by atoms with Gasteiger partial charge in [-0.05, 0) is 64.8 Å². The van der Waals surface area contributed by atoms with Crippen LogP contribution in [0.1, 0.15) is 17.9 Å². The third kappa shape index (κ3) is 4.37. The predicted molar refractivity (Wildman–Crippen MR) is 114 cm³/mol. The number of halogens is 2. The molecule has 1 saturated heterocycles. The molecule has 0 unspecified atom stereocenters. The summed E-state index contributed by atoms with van der Waals surface area (Å²) in [6, 6.07) is 11.1. The van der Waals surface area contributed by atoms with Gasteiger partial charge in [0.05, 0.1) is 16.8 Å². The van der Waals surface area contributed by atoms with Crippen LogP contribution in [0, 0.1) is 12.3 Å². The molecule has 0 N–H and O–H groups in total. The van der Waals surface area contributed by atoms with E-state index in [1.54, 1.807) is 28.8 Å². The fourth-order valence-corrected chi connectivity index (χ4v) is 4.66. The van der Waals surface area contributed by atoms with Crippen molar-refractivity contribution in [1.29, 1.82) is 0 Å². The quantitative estimate of drug-likeness (QED) is 0.542.